The Morgan fingerprint density at radius 1 is 0.939 bits per heavy atom. The normalized spacial score (nSPS) is 10.8. The molecule has 0 bridgehead atoms. The number of fused-ring (bicyclic) bond motifs is 1. The highest BCUT2D eigenvalue weighted by molar-refractivity contribution is 6.03. The van der Waals surface area contributed by atoms with Crippen LogP contribution in [0.15, 0.2) is 79.1 Å². The van der Waals surface area contributed by atoms with E-state index in [1.807, 2.05) is 59.1 Å². The summed E-state index contributed by atoms with van der Waals surface area (Å²) in [7, 11) is 0. The van der Waals surface area contributed by atoms with Crippen molar-refractivity contribution in [2.75, 3.05) is 16.4 Å². The van der Waals surface area contributed by atoms with Gasteiger partial charge in [-0.25, -0.2) is 19.9 Å². The molecule has 9 heteroatoms. The van der Waals surface area contributed by atoms with Crippen LogP contribution in [0.25, 0.3) is 17.0 Å². The van der Waals surface area contributed by atoms with Gasteiger partial charge < -0.3 is 16.4 Å². The van der Waals surface area contributed by atoms with Crippen molar-refractivity contribution in [3.8, 4) is 11.4 Å². The average molecular weight is 436 g/mol. The van der Waals surface area contributed by atoms with Crippen LogP contribution in [0.1, 0.15) is 16.3 Å². The number of rotatable bonds is 5. The first kappa shape index (κ1) is 20.1. The molecule has 4 heterocycles. The van der Waals surface area contributed by atoms with Gasteiger partial charge in [0.05, 0.1) is 17.6 Å². The number of aromatic nitrogens is 5. The van der Waals surface area contributed by atoms with E-state index in [0.717, 1.165) is 11.3 Å². The molecule has 0 aliphatic rings. The van der Waals surface area contributed by atoms with E-state index in [1.165, 1.54) is 0 Å². The summed E-state index contributed by atoms with van der Waals surface area (Å²) in [6.45, 7) is 1.79. The summed E-state index contributed by atoms with van der Waals surface area (Å²) in [5, 5.41) is 6.11. The predicted molar refractivity (Wildman–Crippen MR) is 127 cm³/mol. The van der Waals surface area contributed by atoms with E-state index >= 15 is 0 Å². The highest BCUT2D eigenvalue weighted by Crippen LogP contribution is 2.30. The van der Waals surface area contributed by atoms with E-state index in [-0.39, 0.29) is 5.91 Å². The number of benzene rings is 1. The maximum atomic E-state index is 12.5. The summed E-state index contributed by atoms with van der Waals surface area (Å²) >= 11 is 0. The van der Waals surface area contributed by atoms with Crippen LogP contribution in [0, 0.1) is 6.92 Å². The number of imidazole rings is 1. The van der Waals surface area contributed by atoms with Crippen molar-refractivity contribution < 1.29 is 4.79 Å². The first-order valence-corrected chi connectivity index (χ1v) is 10.2. The molecule has 0 saturated carbocycles. The number of hydrogen-bond donors (Lipinski definition) is 3. The summed E-state index contributed by atoms with van der Waals surface area (Å²) in [5.41, 5.74) is 9.79. The van der Waals surface area contributed by atoms with Crippen LogP contribution in [0.2, 0.25) is 0 Å². The Hall–Kier alpha value is -4.79. The minimum atomic E-state index is -0.284. The van der Waals surface area contributed by atoms with Crippen molar-refractivity contribution in [3.05, 3.63) is 90.6 Å². The third-order valence-electron chi connectivity index (χ3n) is 4.92. The molecule has 4 N–H and O–H groups in total. The summed E-state index contributed by atoms with van der Waals surface area (Å²) in [6.07, 6.45) is 3.50. The number of pyridine rings is 2. The van der Waals surface area contributed by atoms with Crippen LogP contribution >= 0.6 is 0 Å². The van der Waals surface area contributed by atoms with Gasteiger partial charge >= 0.3 is 0 Å². The number of hydrogen-bond acceptors (Lipinski definition) is 7. The lowest BCUT2D eigenvalue weighted by Crippen LogP contribution is -2.13. The number of nitrogen functional groups attached to an aromatic ring is 1. The zero-order valence-corrected chi connectivity index (χ0v) is 17.7. The third kappa shape index (κ3) is 4.19. The van der Waals surface area contributed by atoms with Gasteiger partial charge in [0.1, 0.15) is 28.7 Å². The first-order chi connectivity index (χ1) is 16.1. The Morgan fingerprint density at radius 2 is 1.76 bits per heavy atom. The zero-order chi connectivity index (χ0) is 22.8. The third-order valence-corrected chi connectivity index (χ3v) is 4.92. The van der Waals surface area contributed by atoms with Gasteiger partial charge in [0.15, 0.2) is 5.82 Å². The Balaban J connectivity index is 1.45. The minimum absolute atomic E-state index is 0.284. The molecule has 0 aliphatic heterocycles. The lowest BCUT2D eigenvalue weighted by atomic mass is 10.2. The second kappa shape index (κ2) is 8.39. The van der Waals surface area contributed by atoms with Gasteiger partial charge in [0.25, 0.3) is 5.91 Å². The van der Waals surface area contributed by atoms with Crippen molar-refractivity contribution in [1.82, 2.24) is 24.3 Å². The van der Waals surface area contributed by atoms with Crippen molar-refractivity contribution in [2.24, 2.45) is 0 Å². The molecule has 5 aromatic rings. The van der Waals surface area contributed by atoms with Gasteiger partial charge in [-0.1, -0.05) is 24.3 Å². The van der Waals surface area contributed by atoms with E-state index in [9.17, 15) is 4.79 Å². The van der Waals surface area contributed by atoms with E-state index in [0.29, 0.717) is 40.2 Å². The van der Waals surface area contributed by atoms with Crippen LogP contribution in [-0.4, -0.2) is 30.2 Å². The number of nitrogens with one attached hydrogen (secondary N) is 2. The number of carbonyl (C=O) groups is 1. The fraction of sp³-hybridized carbons (Fsp3) is 0.0417. The van der Waals surface area contributed by atoms with Crippen molar-refractivity contribution in [1.29, 1.82) is 0 Å². The number of nitrogens with zero attached hydrogens (tertiary/aromatic N) is 5. The molecular weight excluding hydrogens is 416 g/mol. The highest BCUT2D eigenvalue weighted by Gasteiger charge is 2.17. The number of para-hydroxylation sites is 1. The number of carbonyl (C=O) groups excluding carboxylic acids is 1. The fourth-order valence-electron chi connectivity index (χ4n) is 3.50. The van der Waals surface area contributed by atoms with Gasteiger partial charge in [-0.05, 0) is 43.3 Å². The molecule has 0 spiro atoms. The quantitative estimate of drug-likeness (QED) is 0.379. The van der Waals surface area contributed by atoms with Crippen molar-refractivity contribution in [2.45, 2.75) is 6.92 Å². The zero-order valence-electron chi connectivity index (χ0n) is 17.7. The van der Waals surface area contributed by atoms with Gasteiger partial charge in [-0.2, -0.15) is 0 Å². The van der Waals surface area contributed by atoms with E-state index in [2.05, 4.69) is 25.6 Å². The fourth-order valence-corrected chi connectivity index (χ4v) is 3.50. The Labute approximate surface area is 189 Å². The maximum Gasteiger partial charge on any atom is 0.274 e. The molecule has 0 unspecified atom stereocenters. The van der Waals surface area contributed by atoms with Crippen LogP contribution in [0.4, 0.5) is 23.0 Å². The van der Waals surface area contributed by atoms with Gasteiger partial charge in [0, 0.05) is 18.0 Å². The molecule has 1 amide bonds. The van der Waals surface area contributed by atoms with Gasteiger partial charge in [-0.15, -0.1) is 0 Å². The number of anilines is 4. The molecule has 9 nitrogen and oxygen atoms in total. The van der Waals surface area contributed by atoms with E-state index in [1.54, 1.807) is 31.3 Å². The van der Waals surface area contributed by atoms with Crippen LogP contribution in [0.5, 0.6) is 0 Å². The molecule has 5 rings (SSSR count). The monoisotopic (exact) mass is 436 g/mol. The van der Waals surface area contributed by atoms with Gasteiger partial charge in [-0.3, -0.25) is 9.20 Å². The SMILES string of the molecule is Cc1nc(N)cc(-c2c(Nc3ccc(C(=O)Nc4ccccc4)nc3)nc3ccccn23)n1. The Morgan fingerprint density at radius 3 is 2.52 bits per heavy atom. The minimum Gasteiger partial charge on any atom is -0.384 e. The summed E-state index contributed by atoms with van der Waals surface area (Å²) in [5.74, 6) is 1.25. The van der Waals surface area contributed by atoms with Crippen molar-refractivity contribution >= 4 is 34.6 Å². The molecule has 162 valence electrons. The van der Waals surface area contributed by atoms with E-state index in [4.69, 9.17) is 10.7 Å². The second-order valence-corrected chi connectivity index (χ2v) is 7.34. The molecule has 1 aromatic carbocycles. The average Bonchev–Trinajstić information content (AvgIpc) is 3.17. The van der Waals surface area contributed by atoms with Gasteiger partial charge in [0.2, 0.25) is 0 Å². The number of amides is 1. The topological polar surface area (TPSA) is 123 Å². The standard InChI is InChI=1S/C24H20N8O/c1-15-27-19(13-20(25)28-15)22-23(31-21-9-5-6-12-32(21)22)29-17-10-11-18(26-14-17)24(33)30-16-7-3-2-4-8-16/h2-14,29H,1H3,(H,30,33)(H2,25,27,28). The Kier molecular flexibility index (Phi) is 5.12. The number of aryl methyl sites for hydroxylation is 1. The predicted octanol–water partition coefficient (Wildman–Crippen LogP) is 4.07. The highest BCUT2D eigenvalue weighted by atomic mass is 16.1. The lowest BCUT2D eigenvalue weighted by Gasteiger charge is -2.09. The van der Waals surface area contributed by atoms with Crippen LogP contribution in [0.3, 0.4) is 0 Å². The van der Waals surface area contributed by atoms with E-state index < -0.39 is 0 Å². The molecule has 4 aromatic heterocycles. The van der Waals surface area contributed by atoms with Crippen LogP contribution < -0.4 is 16.4 Å². The smallest absolute Gasteiger partial charge is 0.274 e. The maximum absolute atomic E-state index is 12.5. The largest absolute Gasteiger partial charge is 0.384 e. The second-order valence-electron chi connectivity index (χ2n) is 7.34. The molecule has 0 atom stereocenters. The summed E-state index contributed by atoms with van der Waals surface area (Å²) in [4.78, 5) is 30.2. The molecule has 0 radical (unpaired) electrons. The lowest BCUT2D eigenvalue weighted by molar-refractivity contribution is 0.102. The summed E-state index contributed by atoms with van der Waals surface area (Å²) in [6, 6.07) is 20.1. The summed E-state index contributed by atoms with van der Waals surface area (Å²) < 4.78 is 1.93. The van der Waals surface area contributed by atoms with Crippen LogP contribution in [-0.2, 0) is 0 Å². The Bertz CT molecular complexity index is 1420. The molecule has 0 saturated heterocycles. The first-order valence-electron chi connectivity index (χ1n) is 10.2. The van der Waals surface area contributed by atoms with Crippen molar-refractivity contribution in [3.63, 3.8) is 0 Å². The molecule has 0 fully saturated rings. The molecular formula is C24H20N8O. The molecule has 0 aliphatic carbocycles. The molecule has 33 heavy (non-hydrogen) atoms. The number of nitrogens with two attached hydrogens (primary N) is 1.